The molecule has 0 bridgehead atoms. The zero-order valence-corrected chi connectivity index (χ0v) is 12.3. The first-order valence-electron chi connectivity index (χ1n) is 7.40. The molecule has 2 nitrogen and oxygen atoms in total. The molecule has 2 atom stereocenters. The highest BCUT2D eigenvalue weighted by atomic mass is 16.3. The van der Waals surface area contributed by atoms with Crippen molar-refractivity contribution in [3.8, 4) is 0 Å². The maximum atomic E-state index is 10.3. The van der Waals surface area contributed by atoms with Crippen LogP contribution in [0.3, 0.4) is 0 Å². The van der Waals surface area contributed by atoms with Crippen molar-refractivity contribution in [1.82, 2.24) is 5.32 Å². The third-order valence-electron chi connectivity index (χ3n) is 3.58. The van der Waals surface area contributed by atoms with Gasteiger partial charge in [-0.25, -0.2) is 0 Å². The fourth-order valence-corrected chi connectivity index (χ4v) is 2.39. The molecule has 2 N–H and O–H groups in total. The first-order valence-corrected chi connectivity index (χ1v) is 7.40. The van der Waals surface area contributed by atoms with Crippen molar-refractivity contribution in [1.29, 1.82) is 0 Å². The minimum absolute atomic E-state index is 0.0191. The Hall–Kier alpha value is -1.90. The fourth-order valence-electron chi connectivity index (χ4n) is 2.39. The zero-order valence-electron chi connectivity index (χ0n) is 12.3. The molecule has 0 aliphatic rings. The van der Waals surface area contributed by atoms with Gasteiger partial charge in [0.05, 0.1) is 6.10 Å². The summed E-state index contributed by atoms with van der Waals surface area (Å²) in [5, 5.41) is 13.8. The van der Waals surface area contributed by atoms with Gasteiger partial charge < -0.3 is 10.4 Å². The molecule has 0 saturated heterocycles. The van der Waals surface area contributed by atoms with Crippen LogP contribution in [0.1, 0.15) is 17.5 Å². The van der Waals surface area contributed by atoms with E-state index in [1.54, 1.807) is 6.08 Å². The molecule has 0 radical (unpaired) electrons. The van der Waals surface area contributed by atoms with E-state index in [0.717, 1.165) is 13.0 Å². The normalized spacial score (nSPS) is 13.6. The highest BCUT2D eigenvalue weighted by Gasteiger charge is 2.17. The third-order valence-corrected chi connectivity index (χ3v) is 3.58. The number of rotatable bonds is 8. The maximum absolute atomic E-state index is 10.3. The van der Waals surface area contributed by atoms with Crippen LogP contribution in [-0.2, 0) is 13.0 Å². The van der Waals surface area contributed by atoms with Crippen molar-refractivity contribution < 1.29 is 5.11 Å². The molecule has 0 aliphatic carbocycles. The smallest absolute Gasteiger partial charge is 0.0730 e. The lowest BCUT2D eigenvalue weighted by Gasteiger charge is -2.24. The van der Waals surface area contributed by atoms with E-state index in [-0.39, 0.29) is 6.04 Å². The van der Waals surface area contributed by atoms with Crippen LogP contribution in [0.25, 0.3) is 0 Å². The van der Waals surface area contributed by atoms with Crippen molar-refractivity contribution in [3.05, 3.63) is 84.4 Å². The SMILES string of the molecule is C=CC[C@@H](O)[C@H](Cc1ccccc1)NCc1ccccc1. The Morgan fingerprint density at radius 1 is 0.952 bits per heavy atom. The number of hydrogen-bond donors (Lipinski definition) is 2. The largest absolute Gasteiger partial charge is 0.391 e. The van der Waals surface area contributed by atoms with Gasteiger partial charge in [-0.05, 0) is 24.0 Å². The summed E-state index contributed by atoms with van der Waals surface area (Å²) in [6.45, 7) is 4.48. The highest BCUT2D eigenvalue weighted by molar-refractivity contribution is 5.17. The van der Waals surface area contributed by atoms with Crippen molar-refractivity contribution in [2.45, 2.75) is 31.5 Å². The maximum Gasteiger partial charge on any atom is 0.0730 e. The lowest BCUT2D eigenvalue weighted by molar-refractivity contribution is 0.128. The minimum atomic E-state index is -0.425. The molecular weight excluding hydrogens is 258 g/mol. The van der Waals surface area contributed by atoms with Gasteiger partial charge in [0.1, 0.15) is 0 Å². The second-order valence-corrected chi connectivity index (χ2v) is 5.25. The lowest BCUT2D eigenvalue weighted by atomic mass is 9.99. The Morgan fingerprint density at radius 3 is 2.10 bits per heavy atom. The van der Waals surface area contributed by atoms with Crippen LogP contribution in [0.15, 0.2) is 73.3 Å². The summed E-state index contributed by atoms with van der Waals surface area (Å²) in [7, 11) is 0. The van der Waals surface area contributed by atoms with Crippen LogP contribution in [-0.4, -0.2) is 17.3 Å². The number of hydrogen-bond acceptors (Lipinski definition) is 2. The van der Waals surface area contributed by atoms with Gasteiger partial charge in [0.2, 0.25) is 0 Å². The molecule has 110 valence electrons. The Bertz CT molecular complexity index is 524. The van der Waals surface area contributed by atoms with Crippen molar-refractivity contribution in [2.75, 3.05) is 0 Å². The molecule has 2 aromatic rings. The van der Waals surface area contributed by atoms with Gasteiger partial charge in [-0.2, -0.15) is 0 Å². The molecular formula is C19H23NO. The van der Waals surface area contributed by atoms with E-state index < -0.39 is 6.10 Å². The average molecular weight is 281 g/mol. The monoisotopic (exact) mass is 281 g/mol. The molecule has 0 unspecified atom stereocenters. The van der Waals surface area contributed by atoms with Crippen LogP contribution < -0.4 is 5.32 Å². The van der Waals surface area contributed by atoms with E-state index in [2.05, 4.69) is 36.2 Å². The van der Waals surface area contributed by atoms with Gasteiger partial charge in [-0.15, -0.1) is 6.58 Å². The van der Waals surface area contributed by atoms with Crippen LogP contribution in [0.4, 0.5) is 0 Å². The molecule has 0 saturated carbocycles. The Labute approximate surface area is 127 Å². The van der Waals surface area contributed by atoms with Crippen LogP contribution in [0, 0.1) is 0 Å². The summed E-state index contributed by atoms with van der Waals surface area (Å²) in [4.78, 5) is 0. The molecule has 0 spiro atoms. The number of benzene rings is 2. The first-order chi connectivity index (χ1) is 10.3. The van der Waals surface area contributed by atoms with Gasteiger partial charge in [0.25, 0.3) is 0 Å². The second kappa shape index (κ2) is 8.40. The van der Waals surface area contributed by atoms with Crippen LogP contribution in [0.5, 0.6) is 0 Å². The Morgan fingerprint density at radius 2 is 1.52 bits per heavy atom. The van der Waals surface area contributed by atoms with Gasteiger partial charge in [-0.1, -0.05) is 66.7 Å². The summed E-state index contributed by atoms with van der Waals surface area (Å²) >= 11 is 0. The summed E-state index contributed by atoms with van der Waals surface area (Å²) in [6.07, 6.45) is 2.75. The van der Waals surface area contributed by atoms with Gasteiger partial charge in [0, 0.05) is 12.6 Å². The predicted octanol–water partition coefficient (Wildman–Crippen LogP) is 3.32. The van der Waals surface area contributed by atoms with E-state index >= 15 is 0 Å². The first kappa shape index (κ1) is 15.5. The molecule has 21 heavy (non-hydrogen) atoms. The summed E-state index contributed by atoms with van der Waals surface area (Å²) < 4.78 is 0. The van der Waals surface area contributed by atoms with Crippen molar-refractivity contribution in [3.63, 3.8) is 0 Å². The van der Waals surface area contributed by atoms with E-state index in [1.165, 1.54) is 11.1 Å². The topological polar surface area (TPSA) is 32.3 Å². The minimum Gasteiger partial charge on any atom is -0.391 e. The lowest BCUT2D eigenvalue weighted by Crippen LogP contribution is -2.41. The quantitative estimate of drug-likeness (QED) is 0.728. The Balaban J connectivity index is 2.00. The van der Waals surface area contributed by atoms with E-state index in [0.29, 0.717) is 6.42 Å². The van der Waals surface area contributed by atoms with Gasteiger partial charge >= 0.3 is 0 Å². The summed E-state index contributed by atoms with van der Waals surface area (Å²) in [6, 6.07) is 20.5. The molecule has 0 aromatic heterocycles. The summed E-state index contributed by atoms with van der Waals surface area (Å²) in [5.74, 6) is 0. The van der Waals surface area contributed by atoms with Crippen LogP contribution >= 0.6 is 0 Å². The predicted molar refractivity (Wildman–Crippen MR) is 88.0 cm³/mol. The number of aliphatic hydroxyl groups is 1. The molecule has 0 fully saturated rings. The van der Waals surface area contributed by atoms with Crippen molar-refractivity contribution in [2.24, 2.45) is 0 Å². The number of aliphatic hydroxyl groups excluding tert-OH is 1. The fraction of sp³-hybridized carbons (Fsp3) is 0.263. The summed E-state index contributed by atoms with van der Waals surface area (Å²) in [5.41, 5.74) is 2.45. The molecule has 0 aliphatic heterocycles. The zero-order chi connectivity index (χ0) is 14.9. The van der Waals surface area contributed by atoms with Gasteiger partial charge in [0.15, 0.2) is 0 Å². The van der Waals surface area contributed by atoms with E-state index in [4.69, 9.17) is 0 Å². The molecule has 2 heteroatoms. The molecule has 2 rings (SSSR count). The molecule has 2 aromatic carbocycles. The van der Waals surface area contributed by atoms with E-state index in [9.17, 15) is 5.11 Å². The average Bonchev–Trinajstić information content (AvgIpc) is 2.53. The second-order valence-electron chi connectivity index (χ2n) is 5.25. The van der Waals surface area contributed by atoms with Crippen LogP contribution in [0.2, 0.25) is 0 Å². The third kappa shape index (κ3) is 5.18. The Kier molecular flexibility index (Phi) is 6.20. The van der Waals surface area contributed by atoms with Crippen molar-refractivity contribution >= 4 is 0 Å². The number of nitrogens with one attached hydrogen (secondary N) is 1. The highest BCUT2D eigenvalue weighted by Crippen LogP contribution is 2.10. The van der Waals surface area contributed by atoms with Gasteiger partial charge in [-0.3, -0.25) is 0 Å². The molecule has 0 amide bonds. The van der Waals surface area contributed by atoms with E-state index in [1.807, 2.05) is 36.4 Å². The molecule has 0 heterocycles. The standard InChI is InChI=1S/C19H23NO/c1-2-9-19(21)18(14-16-10-5-3-6-11-16)20-15-17-12-7-4-8-13-17/h2-8,10-13,18-21H,1,9,14-15H2/t18-,19+/m0/s1.